The molecule has 2 rings (SSSR count). The van der Waals surface area contributed by atoms with Crippen LogP contribution in [0.2, 0.25) is 0 Å². The first-order valence-corrected chi connectivity index (χ1v) is 5.85. The molecule has 16 heavy (non-hydrogen) atoms. The fraction of sp³-hybridized carbons (Fsp3) is 0.800. The van der Waals surface area contributed by atoms with E-state index in [9.17, 15) is 4.79 Å². The predicted octanol–water partition coefficient (Wildman–Crippen LogP) is 0.512. The molecule has 6 nitrogen and oxygen atoms in total. The van der Waals surface area contributed by atoms with Crippen LogP contribution in [0, 0.1) is 0 Å². The van der Waals surface area contributed by atoms with Crippen molar-refractivity contribution in [1.82, 2.24) is 25.5 Å². The summed E-state index contributed by atoms with van der Waals surface area (Å²) in [5.41, 5.74) is 0. The minimum absolute atomic E-state index is 0.000741. The van der Waals surface area contributed by atoms with Crippen molar-refractivity contribution in [3.8, 4) is 0 Å². The molecule has 1 fully saturated rings. The second-order valence-electron chi connectivity index (χ2n) is 4.26. The Bertz CT molecular complexity index is 316. The van der Waals surface area contributed by atoms with E-state index in [2.05, 4.69) is 20.8 Å². The number of carbonyl (C=O) groups excluding carboxylic acids is 1. The summed E-state index contributed by atoms with van der Waals surface area (Å²) in [5.74, 6) is -0.000741. The van der Waals surface area contributed by atoms with E-state index in [-0.39, 0.29) is 12.5 Å². The zero-order valence-electron chi connectivity index (χ0n) is 9.30. The van der Waals surface area contributed by atoms with Gasteiger partial charge >= 0.3 is 0 Å². The molecule has 0 saturated heterocycles. The average molecular weight is 223 g/mol. The Morgan fingerprint density at radius 1 is 1.31 bits per heavy atom. The number of nitrogens with one attached hydrogen (secondary N) is 1. The standard InChI is InChI=1S/C10H17N5O/c16-10(7-15-8-11-13-14-15)12-9-5-3-1-2-4-6-9/h8-9H,1-7H2,(H,12,16). The fourth-order valence-electron chi connectivity index (χ4n) is 2.10. The van der Waals surface area contributed by atoms with Crippen molar-refractivity contribution < 1.29 is 4.79 Å². The zero-order chi connectivity index (χ0) is 11.2. The molecule has 1 aliphatic carbocycles. The highest BCUT2D eigenvalue weighted by atomic mass is 16.2. The first-order valence-electron chi connectivity index (χ1n) is 5.85. The molecule has 1 aromatic rings. The highest BCUT2D eigenvalue weighted by Crippen LogP contribution is 2.16. The van der Waals surface area contributed by atoms with E-state index in [1.54, 1.807) is 0 Å². The lowest BCUT2D eigenvalue weighted by atomic mass is 10.1. The summed E-state index contributed by atoms with van der Waals surface area (Å²) in [5, 5.41) is 13.7. The van der Waals surface area contributed by atoms with Gasteiger partial charge in [0, 0.05) is 6.04 Å². The van der Waals surface area contributed by atoms with Gasteiger partial charge in [-0.25, -0.2) is 4.68 Å². The third kappa shape index (κ3) is 3.29. The van der Waals surface area contributed by atoms with Crippen LogP contribution in [0.15, 0.2) is 6.33 Å². The quantitative estimate of drug-likeness (QED) is 0.758. The Kier molecular flexibility index (Phi) is 3.85. The molecule has 0 bridgehead atoms. The van der Waals surface area contributed by atoms with Crippen LogP contribution in [0.25, 0.3) is 0 Å². The van der Waals surface area contributed by atoms with Crippen LogP contribution in [0.5, 0.6) is 0 Å². The van der Waals surface area contributed by atoms with Crippen molar-refractivity contribution >= 4 is 5.91 Å². The molecule has 1 aromatic heterocycles. The van der Waals surface area contributed by atoms with Crippen molar-refractivity contribution in [3.63, 3.8) is 0 Å². The highest BCUT2D eigenvalue weighted by molar-refractivity contribution is 5.75. The lowest BCUT2D eigenvalue weighted by Gasteiger charge is -2.15. The molecule has 1 saturated carbocycles. The molecule has 1 aliphatic rings. The molecule has 0 unspecified atom stereocenters. The van der Waals surface area contributed by atoms with E-state index in [0.717, 1.165) is 12.8 Å². The van der Waals surface area contributed by atoms with Crippen LogP contribution in [0.4, 0.5) is 0 Å². The number of nitrogens with zero attached hydrogens (tertiary/aromatic N) is 4. The number of rotatable bonds is 3. The molecule has 0 aliphatic heterocycles. The van der Waals surface area contributed by atoms with Crippen LogP contribution in [-0.4, -0.2) is 32.2 Å². The van der Waals surface area contributed by atoms with Gasteiger partial charge in [0.1, 0.15) is 12.9 Å². The van der Waals surface area contributed by atoms with Crippen molar-refractivity contribution in [2.24, 2.45) is 0 Å². The maximum atomic E-state index is 11.7. The molecule has 0 aromatic carbocycles. The second-order valence-corrected chi connectivity index (χ2v) is 4.26. The van der Waals surface area contributed by atoms with Gasteiger partial charge in [-0.3, -0.25) is 4.79 Å². The van der Waals surface area contributed by atoms with Gasteiger partial charge in [-0.15, -0.1) is 5.10 Å². The largest absolute Gasteiger partial charge is 0.352 e. The molecule has 0 radical (unpaired) electrons. The topological polar surface area (TPSA) is 72.7 Å². The Labute approximate surface area is 94.4 Å². The SMILES string of the molecule is O=C(Cn1cnnn1)NC1CCCCCC1. The summed E-state index contributed by atoms with van der Waals surface area (Å²) in [7, 11) is 0. The van der Waals surface area contributed by atoms with Crippen molar-refractivity contribution in [2.75, 3.05) is 0 Å². The molecular weight excluding hydrogens is 206 g/mol. The summed E-state index contributed by atoms with van der Waals surface area (Å²) < 4.78 is 1.44. The predicted molar refractivity (Wildman–Crippen MR) is 57.4 cm³/mol. The summed E-state index contributed by atoms with van der Waals surface area (Å²) >= 11 is 0. The Balaban J connectivity index is 1.77. The number of aromatic nitrogens is 4. The first-order chi connectivity index (χ1) is 7.84. The van der Waals surface area contributed by atoms with E-state index < -0.39 is 0 Å². The molecule has 6 heteroatoms. The van der Waals surface area contributed by atoms with E-state index >= 15 is 0 Å². The summed E-state index contributed by atoms with van der Waals surface area (Å²) in [4.78, 5) is 11.7. The smallest absolute Gasteiger partial charge is 0.242 e. The number of hydrogen-bond acceptors (Lipinski definition) is 4. The maximum Gasteiger partial charge on any atom is 0.242 e. The van der Waals surface area contributed by atoms with Gasteiger partial charge in [-0.1, -0.05) is 25.7 Å². The van der Waals surface area contributed by atoms with E-state index in [0.29, 0.717) is 6.04 Å². The summed E-state index contributed by atoms with van der Waals surface area (Å²) in [6.45, 7) is 0.212. The summed E-state index contributed by atoms with van der Waals surface area (Å²) in [6, 6.07) is 0.339. The fourth-order valence-corrected chi connectivity index (χ4v) is 2.10. The minimum Gasteiger partial charge on any atom is -0.352 e. The monoisotopic (exact) mass is 223 g/mol. The van der Waals surface area contributed by atoms with Crippen LogP contribution in [0.1, 0.15) is 38.5 Å². The number of hydrogen-bond donors (Lipinski definition) is 1. The van der Waals surface area contributed by atoms with Crippen molar-refractivity contribution in [3.05, 3.63) is 6.33 Å². The first kappa shape index (κ1) is 11.0. The third-order valence-electron chi connectivity index (χ3n) is 2.92. The number of carbonyl (C=O) groups is 1. The van der Waals surface area contributed by atoms with Gasteiger partial charge in [0.2, 0.25) is 5.91 Å². The van der Waals surface area contributed by atoms with Gasteiger partial charge in [-0.2, -0.15) is 0 Å². The molecule has 1 amide bonds. The van der Waals surface area contributed by atoms with Gasteiger partial charge < -0.3 is 5.32 Å². The lowest BCUT2D eigenvalue weighted by molar-refractivity contribution is -0.122. The number of tetrazole rings is 1. The molecule has 0 atom stereocenters. The molecule has 1 N–H and O–H groups in total. The third-order valence-corrected chi connectivity index (χ3v) is 2.92. The van der Waals surface area contributed by atoms with E-state index in [4.69, 9.17) is 0 Å². The van der Waals surface area contributed by atoms with Gasteiger partial charge in [0.25, 0.3) is 0 Å². The van der Waals surface area contributed by atoms with Gasteiger partial charge in [-0.05, 0) is 23.3 Å². The van der Waals surface area contributed by atoms with Crippen LogP contribution >= 0.6 is 0 Å². The molecule has 1 heterocycles. The highest BCUT2D eigenvalue weighted by Gasteiger charge is 2.14. The van der Waals surface area contributed by atoms with Crippen molar-refractivity contribution in [2.45, 2.75) is 51.1 Å². The normalized spacial score (nSPS) is 18.0. The second kappa shape index (κ2) is 5.58. The average Bonchev–Trinajstić information content (AvgIpc) is 2.62. The molecular formula is C10H17N5O. The van der Waals surface area contributed by atoms with Crippen molar-refractivity contribution in [1.29, 1.82) is 0 Å². The Hall–Kier alpha value is -1.46. The zero-order valence-corrected chi connectivity index (χ0v) is 9.30. The lowest BCUT2D eigenvalue weighted by Crippen LogP contribution is -2.36. The van der Waals surface area contributed by atoms with Crippen LogP contribution in [-0.2, 0) is 11.3 Å². The molecule has 0 spiro atoms. The Morgan fingerprint density at radius 3 is 2.69 bits per heavy atom. The molecule has 88 valence electrons. The Morgan fingerprint density at radius 2 is 2.06 bits per heavy atom. The van der Waals surface area contributed by atoms with Crippen LogP contribution < -0.4 is 5.32 Å². The number of amides is 1. The maximum absolute atomic E-state index is 11.7. The van der Waals surface area contributed by atoms with Gasteiger partial charge in [0.05, 0.1) is 0 Å². The van der Waals surface area contributed by atoms with Gasteiger partial charge in [0.15, 0.2) is 0 Å². The summed E-state index contributed by atoms with van der Waals surface area (Å²) in [6.07, 6.45) is 8.67. The van der Waals surface area contributed by atoms with E-state index in [1.807, 2.05) is 0 Å². The van der Waals surface area contributed by atoms with E-state index in [1.165, 1.54) is 36.7 Å². The van der Waals surface area contributed by atoms with Crippen LogP contribution in [0.3, 0.4) is 0 Å². The minimum atomic E-state index is -0.000741.